The predicted octanol–water partition coefficient (Wildman–Crippen LogP) is 3.93. The number of non-ortho nitro benzene ring substituents is 1. The highest BCUT2D eigenvalue weighted by molar-refractivity contribution is 5.99. The second-order valence-corrected chi connectivity index (χ2v) is 4.94. The fourth-order valence-electron chi connectivity index (χ4n) is 2.38. The highest BCUT2D eigenvalue weighted by atomic mass is 16.6. The van der Waals surface area contributed by atoms with Gasteiger partial charge in [0.1, 0.15) is 11.3 Å². The number of methoxy groups -OCH3 is 1. The van der Waals surface area contributed by atoms with Crippen LogP contribution in [-0.2, 0) is 9.53 Å². The molecule has 1 aromatic heterocycles. The van der Waals surface area contributed by atoms with Crippen molar-refractivity contribution < 1.29 is 19.2 Å². The van der Waals surface area contributed by atoms with E-state index >= 15 is 0 Å². The summed E-state index contributed by atoms with van der Waals surface area (Å²) in [4.78, 5) is 22.8. The lowest BCUT2D eigenvalue weighted by molar-refractivity contribution is -0.383. The SMILES string of the molecule is CCOC=O.COc1ccc(-c2ccc([N+](=O)[O-])c3[nH]ccc23)cc1. The van der Waals surface area contributed by atoms with Gasteiger partial charge in [-0.1, -0.05) is 12.1 Å². The first-order chi connectivity index (χ1) is 12.1. The van der Waals surface area contributed by atoms with Crippen LogP contribution >= 0.6 is 0 Å². The van der Waals surface area contributed by atoms with Crippen LogP contribution in [0.4, 0.5) is 5.69 Å². The minimum atomic E-state index is -0.378. The van der Waals surface area contributed by atoms with Crippen molar-refractivity contribution in [2.75, 3.05) is 13.7 Å². The summed E-state index contributed by atoms with van der Waals surface area (Å²) >= 11 is 0. The van der Waals surface area contributed by atoms with Gasteiger partial charge < -0.3 is 14.5 Å². The van der Waals surface area contributed by atoms with E-state index in [2.05, 4.69) is 9.72 Å². The molecule has 0 aliphatic heterocycles. The van der Waals surface area contributed by atoms with Crippen LogP contribution < -0.4 is 4.74 Å². The van der Waals surface area contributed by atoms with Gasteiger partial charge >= 0.3 is 0 Å². The summed E-state index contributed by atoms with van der Waals surface area (Å²) in [5, 5.41) is 11.9. The molecule has 0 saturated carbocycles. The molecule has 25 heavy (non-hydrogen) atoms. The summed E-state index contributed by atoms with van der Waals surface area (Å²) in [5.74, 6) is 0.779. The number of ether oxygens (including phenoxy) is 2. The fraction of sp³-hybridized carbons (Fsp3) is 0.167. The third kappa shape index (κ3) is 4.14. The zero-order valence-corrected chi connectivity index (χ0v) is 13.9. The topological polar surface area (TPSA) is 94.5 Å². The molecule has 0 atom stereocenters. The number of fused-ring (bicyclic) bond motifs is 1. The number of carbonyl (C=O) groups is 1. The molecule has 1 heterocycles. The highest BCUT2D eigenvalue weighted by Gasteiger charge is 2.15. The maximum absolute atomic E-state index is 11.0. The summed E-state index contributed by atoms with van der Waals surface area (Å²) in [6, 6.07) is 12.8. The number of nitrogens with zero attached hydrogens (tertiary/aromatic N) is 1. The molecule has 0 amide bonds. The van der Waals surface area contributed by atoms with E-state index in [1.165, 1.54) is 6.07 Å². The van der Waals surface area contributed by atoms with E-state index in [9.17, 15) is 14.9 Å². The van der Waals surface area contributed by atoms with Gasteiger partial charge in [-0.25, -0.2) is 0 Å². The Labute approximate surface area is 144 Å². The van der Waals surface area contributed by atoms with Gasteiger partial charge in [-0.15, -0.1) is 0 Å². The van der Waals surface area contributed by atoms with Gasteiger partial charge in [0.15, 0.2) is 0 Å². The van der Waals surface area contributed by atoms with Crippen LogP contribution in [0, 0.1) is 10.1 Å². The number of nitro groups is 1. The van der Waals surface area contributed by atoms with Gasteiger partial charge in [-0.3, -0.25) is 14.9 Å². The summed E-state index contributed by atoms with van der Waals surface area (Å²) in [6.07, 6.45) is 1.71. The molecule has 3 aromatic rings. The molecule has 130 valence electrons. The Morgan fingerprint density at radius 2 is 1.88 bits per heavy atom. The lowest BCUT2D eigenvalue weighted by Gasteiger charge is -2.06. The molecule has 7 heteroatoms. The van der Waals surface area contributed by atoms with Crippen molar-refractivity contribution in [1.29, 1.82) is 0 Å². The van der Waals surface area contributed by atoms with Gasteiger partial charge in [0.25, 0.3) is 12.2 Å². The van der Waals surface area contributed by atoms with E-state index < -0.39 is 0 Å². The van der Waals surface area contributed by atoms with Crippen molar-refractivity contribution in [3.05, 3.63) is 58.8 Å². The molecule has 0 saturated heterocycles. The van der Waals surface area contributed by atoms with Crippen LogP contribution in [0.3, 0.4) is 0 Å². The molecular formula is C18H18N2O5. The van der Waals surface area contributed by atoms with Crippen LogP contribution in [0.15, 0.2) is 48.7 Å². The number of hydrogen-bond acceptors (Lipinski definition) is 5. The Bertz CT molecular complexity index is 856. The summed E-state index contributed by atoms with van der Waals surface area (Å²) < 4.78 is 9.29. The second kappa shape index (κ2) is 8.49. The normalized spacial score (nSPS) is 9.84. The van der Waals surface area contributed by atoms with Crippen molar-refractivity contribution in [1.82, 2.24) is 4.98 Å². The van der Waals surface area contributed by atoms with Gasteiger partial charge in [0.05, 0.1) is 18.6 Å². The first kappa shape index (κ1) is 18.0. The Balaban J connectivity index is 0.000000399. The van der Waals surface area contributed by atoms with Crippen LogP contribution in [0.25, 0.3) is 22.0 Å². The number of aromatic nitrogens is 1. The van der Waals surface area contributed by atoms with E-state index in [0.717, 1.165) is 22.3 Å². The van der Waals surface area contributed by atoms with Gasteiger partial charge in [0, 0.05) is 17.6 Å². The van der Waals surface area contributed by atoms with Crippen molar-refractivity contribution in [3.8, 4) is 16.9 Å². The Hall–Kier alpha value is -3.35. The number of aromatic amines is 1. The first-order valence-corrected chi connectivity index (χ1v) is 7.56. The standard InChI is InChI=1S/C15H12N2O3.C3H6O2/c1-20-11-4-2-10(3-5-11)12-6-7-14(17(18)19)15-13(12)8-9-16-15;1-2-5-3-4/h2-9,16H,1H3;3H,2H2,1H3. The van der Waals surface area contributed by atoms with Crippen molar-refractivity contribution in [3.63, 3.8) is 0 Å². The number of carbonyl (C=O) groups excluding carboxylic acids is 1. The smallest absolute Gasteiger partial charge is 0.293 e. The lowest BCUT2D eigenvalue weighted by atomic mass is 10.0. The number of benzene rings is 2. The van der Waals surface area contributed by atoms with Crippen LogP contribution in [0.1, 0.15) is 6.92 Å². The Morgan fingerprint density at radius 3 is 2.40 bits per heavy atom. The molecule has 0 aliphatic carbocycles. The molecule has 7 nitrogen and oxygen atoms in total. The van der Waals surface area contributed by atoms with Gasteiger partial charge in [-0.05, 0) is 42.3 Å². The molecule has 0 aliphatic rings. The quantitative estimate of drug-likeness (QED) is 0.431. The van der Waals surface area contributed by atoms with E-state index in [4.69, 9.17) is 4.74 Å². The second-order valence-electron chi connectivity index (χ2n) is 4.94. The first-order valence-electron chi connectivity index (χ1n) is 7.56. The minimum Gasteiger partial charge on any atom is -0.497 e. The molecule has 0 unspecified atom stereocenters. The molecule has 0 radical (unpaired) electrons. The van der Waals surface area contributed by atoms with E-state index in [0.29, 0.717) is 18.6 Å². The van der Waals surface area contributed by atoms with Crippen LogP contribution in [0.5, 0.6) is 5.75 Å². The van der Waals surface area contributed by atoms with Gasteiger partial charge in [-0.2, -0.15) is 0 Å². The molecular weight excluding hydrogens is 324 g/mol. The number of nitrogens with one attached hydrogen (secondary N) is 1. The fourth-order valence-corrected chi connectivity index (χ4v) is 2.38. The monoisotopic (exact) mass is 342 g/mol. The zero-order chi connectivity index (χ0) is 18.2. The number of rotatable bonds is 5. The number of hydrogen-bond donors (Lipinski definition) is 1. The average molecular weight is 342 g/mol. The average Bonchev–Trinajstić information content (AvgIpc) is 3.12. The lowest BCUT2D eigenvalue weighted by Crippen LogP contribution is -1.90. The minimum absolute atomic E-state index is 0.0854. The van der Waals surface area contributed by atoms with Crippen LogP contribution in [-0.4, -0.2) is 30.1 Å². The molecule has 2 aromatic carbocycles. The Morgan fingerprint density at radius 1 is 1.16 bits per heavy atom. The predicted molar refractivity (Wildman–Crippen MR) is 94.6 cm³/mol. The third-order valence-electron chi connectivity index (χ3n) is 3.53. The number of nitro benzene ring substituents is 1. The molecule has 0 spiro atoms. The summed E-state index contributed by atoms with van der Waals surface area (Å²) in [5.41, 5.74) is 2.57. The molecule has 0 fully saturated rings. The van der Waals surface area contributed by atoms with E-state index in [1.54, 1.807) is 26.3 Å². The van der Waals surface area contributed by atoms with Crippen molar-refractivity contribution in [2.45, 2.75) is 6.92 Å². The zero-order valence-electron chi connectivity index (χ0n) is 13.9. The maximum Gasteiger partial charge on any atom is 0.293 e. The number of H-pyrrole nitrogens is 1. The third-order valence-corrected chi connectivity index (χ3v) is 3.53. The summed E-state index contributed by atoms with van der Waals surface area (Å²) in [7, 11) is 1.62. The van der Waals surface area contributed by atoms with E-state index in [1.807, 2.05) is 30.3 Å². The molecule has 3 rings (SSSR count). The van der Waals surface area contributed by atoms with Crippen LogP contribution in [0.2, 0.25) is 0 Å². The van der Waals surface area contributed by atoms with Gasteiger partial charge in [0.2, 0.25) is 0 Å². The van der Waals surface area contributed by atoms with Crippen molar-refractivity contribution in [2.24, 2.45) is 0 Å². The maximum atomic E-state index is 11.0. The summed E-state index contributed by atoms with van der Waals surface area (Å²) in [6.45, 7) is 2.66. The van der Waals surface area contributed by atoms with Crippen molar-refractivity contribution >= 4 is 23.1 Å². The highest BCUT2D eigenvalue weighted by Crippen LogP contribution is 2.34. The van der Waals surface area contributed by atoms with E-state index in [-0.39, 0.29) is 10.6 Å². The molecule has 1 N–H and O–H groups in total. The largest absolute Gasteiger partial charge is 0.497 e. The Kier molecular flexibility index (Phi) is 6.11. The molecule has 0 bridgehead atoms.